The van der Waals surface area contributed by atoms with E-state index in [4.69, 9.17) is 9.97 Å². The molecule has 1 fully saturated rings. The van der Waals surface area contributed by atoms with E-state index >= 15 is 0 Å². The first kappa shape index (κ1) is 20.9. The fourth-order valence-electron chi connectivity index (χ4n) is 4.98. The molecule has 3 aromatic rings. The van der Waals surface area contributed by atoms with Gasteiger partial charge in [0.05, 0.1) is 23.5 Å². The number of nitrogens with zero attached hydrogens (tertiary/aromatic N) is 5. The first-order valence-corrected chi connectivity index (χ1v) is 11.5. The number of aryl methyl sites for hydroxylation is 1. The molecule has 160 valence electrons. The van der Waals surface area contributed by atoms with Crippen LogP contribution >= 0.6 is 0 Å². The second kappa shape index (κ2) is 9.17. The summed E-state index contributed by atoms with van der Waals surface area (Å²) in [5, 5.41) is 0. The summed E-state index contributed by atoms with van der Waals surface area (Å²) in [6.07, 6.45) is 10.00. The minimum atomic E-state index is 0.323. The summed E-state index contributed by atoms with van der Waals surface area (Å²) in [6.45, 7) is 8.82. The third kappa shape index (κ3) is 3.95. The van der Waals surface area contributed by atoms with Gasteiger partial charge in [-0.1, -0.05) is 26.0 Å². The van der Waals surface area contributed by atoms with Crippen LogP contribution in [0.5, 0.6) is 0 Å². The molecule has 2 atom stereocenters. The molecule has 1 saturated heterocycles. The zero-order valence-corrected chi connectivity index (χ0v) is 18.9. The summed E-state index contributed by atoms with van der Waals surface area (Å²) in [5.74, 6) is 1.26. The number of anilines is 1. The molecule has 0 spiro atoms. The van der Waals surface area contributed by atoms with E-state index < -0.39 is 0 Å². The summed E-state index contributed by atoms with van der Waals surface area (Å²) >= 11 is 0. The molecule has 5 heteroatoms. The van der Waals surface area contributed by atoms with E-state index in [1.165, 1.54) is 29.2 Å². The van der Waals surface area contributed by atoms with Crippen LogP contribution in [0.2, 0.25) is 0 Å². The molecule has 4 heterocycles. The molecule has 0 aliphatic carbocycles. The molecule has 0 bridgehead atoms. The molecule has 3 aromatic heterocycles. The predicted molar refractivity (Wildman–Crippen MR) is 124 cm³/mol. The van der Waals surface area contributed by atoms with E-state index in [2.05, 4.69) is 72.5 Å². The lowest BCUT2D eigenvalue weighted by Crippen LogP contribution is -2.34. The lowest BCUT2D eigenvalue weighted by Gasteiger charge is -2.39. The molecular formula is C25H35N5. The van der Waals surface area contributed by atoms with Gasteiger partial charge in [-0.3, -0.25) is 14.3 Å². The first-order chi connectivity index (χ1) is 14.6. The standard InChI is InChI=1S/C25H35N5/c1-5-16-29(17-6-2)24-14-8-13-23-27-20(18-30(23)24)21-11-7-12-22(28(21)4)25-19(3)10-9-15-26-25/h8-10,13-15,18,21-22H,5-7,11-12,16-17H2,1-4H3. The zero-order chi connectivity index (χ0) is 21.1. The number of rotatable bonds is 7. The van der Waals surface area contributed by atoms with Gasteiger partial charge in [-0.15, -0.1) is 0 Å². The van der Waals surface area contributed by atoms with Crippen molar-refractivity contribution in [2.75, 3.05) is 25.0 Å². The minimum Gasteiger partial charge on any atom is -0.358 e. The third-order valence-electron chi connectivity index (χ3n) is 6.45. The Morgan fingerprint density at radius 2 is 1.80 bits per heavy atom. The molecule has 0 aromatic carbocycles. The van der Waals surface area contributed by atoms with E-state index in [0.717, 1.165) is 44.4 Å². The maximum absolute atomic E-state index is 5.07. The quantitative estimate of drug-likeness (QED) is 0.515. The smallest absolute Gasteiger partial charge is 0.138 e. The maximum Gasteiger partial charge on any atom is 0.138 e. The van der Waals surface area contributed by atoms with E-state index in [1.54, 1.807) is 0 Å². The summed E-state index contributed by atoms with van der Waals surface area (Å²) in [6, 6.07) is 11.4. The van der Waals surface area contributed by atoms with E-state index in [9.17, 15) is 0 Å². The summed E-state index contributed by atoms with van der Waals surface area (Å²) in [7, 11) is 2.24. The van der Waals surface area contributed by atoms with Crippen LogP contribution in [-0.4, -0.2) is 39.4 Å². The van der Waals surface area contributed by atoms with Gasteiger partial charge >= 0.3 is 0 Å². The van der Waals surface area contributed by atoms with Crippen LogP contribution < -0.4 is 4.90 Å². The minimum absolute atomic E-state index is 0.323. The number of imidazole rings is 1. The van der Waals surface area contributed by atoms with Gasteiger partial charge in [0.2, 0.25) is 0 Å². The highest BCUT2D eigenvalue weighted by atomic mass is 15.2. The normalized spacial score (nSPS) is 20.0. The molecule has 5 nitrogen and oxygen atoms in total. The molecule has 0 amide bonds. The van der Waals surface area contributed by atoms with E-state index in [1.807, 2.05) is 12.3 Å². The second-order valence-corrected chi connectivity index (χ2v) is 8.60. The van der Waals surface area contributed by atoms with Crippen molar-refractivity contribution in [3.05, 3.63) is 59.7 Å². The number of fused-ring (bicyclic) bond motifs is 1. The Labute approximate surface area is 180 Å². The second-order valence-electron chi connectivity index (χ2n) is 8.60. The van der Waals surface area contributed by atoms with Crippen LogP contribution in [0.4, 0.5) is 5.82 Å². The Balaban J connectivity index is 1.67. The molecule has 1 aliphatic heterocycles. The monoisotopic (exact) mass is 405 g/mol. The number of likely N-dealkylation sites (tertiary alicyclic amines) is 1. The van der Waals surface area contributed by atoms with Crippen molar-refractivity contribution < 1.29 is 0 Å². The van der Waals surface area contributed by atoms with Crippen LogP contribution in [0.3, 0.4) is 0 Å². The van der Waals surface area contributed by atoms with Crippen LogP contribution in [0, 0.1) is 6.92 Å². The Kier molecular flexibility index (Phi) is 6.38. The molecule has 0 radical (unpaired) electrons. The van der Waals surface area contributed by atoms with Crippen molar-refractivity contribution in [2.45, 2.75) is 65.0 Å². The number of hydrogen-bond acceptors (Lipinski definition) is 4. The average molecular weight is 406 g/mol. The Bertz CT molecular complexity index is 973. The number of aromatic nitrogens is 3. The van der Waals surface area contributed by atoms with Gasteiger partial charge in [0.25, 0.3) is 0 Å². The van der Waals surface area contributed by atoms with Crippen molar-refractivity contribution >= 4 is 11.5 Å². The SMILES string of the molecule is CCCN(CCC)c1cccc2nc(C3CCCC(c4ncccc4C)N3C)cn12. The summed E-state index contributed by atoms with van der Waals surface area (Å²) in [5.41, 5.74) is 4.72. The third-order valence-corrected chi connectivity index (χ3v) is 6.45. The molecule has 2 unspecified atom stereocenters. The lowest BCUT2D eigenvalue weighted by molar-refractivity contribution is 0.109. The van der Waals surface area contributed by atoms with E-state index in [0.29, 0.717) is 12.1 Å². The largest absolute Gasteiger partial charge is 0.358 e. The van der Waals surface area contributed by atoms with Gasteiger partial charge in [0, 0.05) is 25.5 Å². The van der Waals surface area contributed by atoms with Crippen LogP contribution in [0.15, 0.2) is 42.7 Å². The van der Waals surface area contributed by atoms with Crippen molar-refractivity contribution in [2.24, 2.45) is 0 Å². The van der Waals surface area contributed by atoms with Crippen molar-refractivity contribution in [1.29, 1.82) is 0 Å². The molecule has 0 N–H and O–H groups in total. The lowest BCUT2D eigenvalue weighted by atomic mass is 9.91. The Hall–Kier alpha value is -2.40. The van der Waals surface area contributed by atoms with Gasteiger partial charge in [0.1, 0.15) is 11.5 Å². The van der Waals surface area contributed by atoms with Crippen molar-refractivity contribution in [3.63, 3.8) is 0 Å². The molecule has 0 saturated carbocycles. The van der Waals surface area contributed by atoms with Crippen LogP contribution in [0.1, 0.15) is 75.0 Å². The van der Waals surface area contributed by atoms with Crippen LogP contribution in [0.25, 0.3) is 5.65 Å². The number of piperidine rings is 1. The Morgan fingerprint density at radius 1 is 1.03 bits per heavy atom. The topological polar surface area (TPSA) is 36.7 Å². The average Bonchev–Trinajstić information content (AvgIpc) is 3.18. The zero-order valence-electron chi connectivity index (χ0n) is 18.9. The van der Waals surface area contributed by atoms with Gasteiger partial charge in [0.15, 0.2) is 0 Å². The molecule has 30 heavy (non-hydrogen) atoms. The van der Waals surface area contributed by atoms with Gasteiger partial charge in [-0.25, -0.2) is 4.98 Å². The maximum atomic E-state index is 5.07. The van der Waals surface area contributed by atoms with Gasteiger partial charge in [-0.05, 0) is 69.8 Å². The van der Waals surface area contributed by atoms with Crippen LogP contribution in [-0.2, 0) is 0 Å². The van der Waals surface area contributed by atoms with Crippen molar-refractivity contribution in [3.8, 4) is 0 Å². The highest BCUT2D eigenvalue weighted by Crippen LogP contribution is 2.40. The highest BCUT2D eigenvalue weighted by Gasteiger charge is 2.32. The van der Waals surface area contributed by atoms with Gasteiger partial charge in [-0.2, -0.15) is 0 Å². The first-order valence-electron chi connectivity index (χ1n) is 11.5. The fourth-order valence-corrected chi connectivity index (χ4v) is 4.98. The highest BCUT2D eigenvalue weighted by molar-refractivity contribution is 5.53. The summed E-state index contributed by atoms with van der Waals surface area (Å²) in [4.78, 5) is 14.8. The van der Waals surface area contributed by atoms with Crippen molar-refractivity contribution in [1.82, 2.24) is 19.3 Å². The predicted octanol–water partition coefficient (Wildman–Crippen LogP) is 5.56. The number of pyridine rings is 2. The Morgan fingerprint density at radius 3 is 2.53 bits per heavy atom. The summed E-state index contributed by atoms with van der Waals surface area (Å²) < 4.78 is 2.30. The fraction of sp³-hybridized carbons (Fsp3) is 0.520. The number of hydrogen-bond donors (Lipinski definition) is 0. The molecular weight excluding hydrogens is 370 g/mol. The molecule has 4 rings (SSSR count). The van der Waals surface area contributed by atoms with Gasteiger partial charge < -0.3 is 4.90 Å². The molecule has 1 aliphatic rings. The van der Waals surface area contributed by atoms with E-state index in [-0.39, 0.29) is 0 Å².